The first kappa shape index (κ1) is 14.3. The van der Waals surface area contributed by atoms with Crippen molar-refractivity contribution in [3.8, 4) is 0 Å². The maximum absolute atomic E-state index is 12.3. The molecule has 0 aliphatic heterocycles. The van der Waals surface area contributed by atoms with Gasteiger partial charge in [0.2, 0.25) is 5.95 Å². The topological polar surface area (TPSA) is 88.5 Å². The van der Waals surface area contributed by atoms with Crippen LogP contribution in [0.25, 0.3) is 0 Å². The van der Waals surface area contributed by atoms with E-state index in [-0.39, 0.29) is 11.9 Å². The maximum Gasteiger partial charge on any atom is 0.263 e. The Kier molecular flexibility index (Phi) is 3.88. The Labute approximate surface area is 131 Å². The second kappa shape index (κ2) is 5.98. The van der Waals surface area contributed by atoms with E-state index < -0.39 is 0 Å². The van der Waals surface area contributed by atoms with Crippen molar-refractivity contribution in [1.29, 1.82) is 0 Å². The lowest BCUT2D eigenvalue weighted by atomic mass is 10.2. The Morgan fingerprint density at radius 3 is 2.82 bits per heavy atom. The molecule has 1 amide bonds. The minimum Gasteiger partial charge on any atom is -0.291 e. The SMILES string of the molecule is Cc1nn(Cc2ccccc2)c(Cl)c1C(=O)Nc1ncn[nH]1. The van der Waals surface area contributed by atoms with E-state index in [2.05, 4.69) is 25.6 Å². The molecule has 2 heterocycles. The van der Waals surface area contributed by atoms with Crippen LogP contribution in [0.1, 0.15) is 21.6 Å². The number of H-pyrrole nitrogens is 1. The van der Waals surface area contributed by atoms with Gasteiger partial charge in [-0.2, -0.15) is 15.2 Å². The first-order chi connectivity index (χ1) is 10.6. The molecule has 3 rings (SSSR count). The second-order valence-corrected chi connectivity index (χ2v) is 5.04. The summed E-state index contributed by atoms with van der Waals surface area (Å²) in [6, 6.07) is 9.77. The molecule has 1 aromatic carbocycles. The van der Waals surface area contributed by atoms with Gasteiger partial charge in [0.25, 0.3) is 5.91 Å². The van der Waals surface area contributed by atoms with E-state index in [0.717, 1.165) is 5.56 Å². The predicted octanol–water partition coefficient (Wildman–Crippen LogP) is 2.26. The van der Waals surface area contributed by atoms with Gasteiger partial charge in [-0.05, 0) is 12.5 Å². The third-order valence-corrected chi connectivity index (χ3v) is 3.50. The fourth-order valence-corrected chi connectivity index (χ4v) is 2.43. The Morgan fingerprint density at radius 2 is 2.14 bits per heavy atom. The van der Waals surface area contributed by atoms with Crippen molar-refractivity contribution in [2.75, 3.05) is 5.32 Å². The first-order valence-corrected chi connectivity index (χ1v) is 6.96. The van der Waals surface area contributed by atoms with Crippen LogP contribution in [0.4, 0.5) is 5.95 Å². The summed E-state index contributed by atoms with van der Waals surface area (Å²) in [4.78, 5) is 16.1. The van der Waals surface area contributed by atoms with Crippen molar-refractivity contribution in [3.05, 3.63) is 58.6 Å². The number of nitrogens with zero attached hydrogens (tertiary/aromatic N) is 4. The van der Waals surface area contributed by atoms with Crippen molar-refractivity contribution in [2.45, 2.75) is 13.5 Å². The number of hydrogen-bond donors (Lipinski definition) is 2. The van der Waals surface area contributed by atoms with E-state index in [1.807, 2.05) is 30.3 Å². The van der Waals surface area contributed by atoms with Crippen molar-refractivity contribution in [2.24, 2.45) is 0 Å². The van der Waals surface area contributed by atoms with Gasteiger partial charge in [-0.25, -0.2) is 9.78 Å². The molecule has 0 atom stereocenters. The number of aromatic amines is 1. The van der Waals surface area contributed by atoms with Gasteiger partial charge < -0.3 is 0 Å². The molecule has 0 unspecified atom stereocenters. The van der Waals surface area contributed by atoms with Crippen LogP contribution in [-0.4, -0.2) is 30.9 Å². The molecule has 112 valence electrons. The fraction of sp³-hybridized carbons (Fsp3) is 0.143. The highest BCUT2D eigenvalue weighted by Gasteiger charge is 2.21. The highest BCUT2D eigenvalue weighted by atomic mass is 35.5. The van der Waals surface area contributed by atoms with Crippen molar-refractivity contribution >= 4 is 23.5 Å². The normalized spacial score (nSPS) is 10.6. The molecule has 0 radical (unpaired) electrons. The summed E-state index contributed by atoms with van der Waals surface area (Å²) < 4.78 is 1.60. The average molecular weight is 317 g/mol. The number of benzene rings is 1. The molecule has 0 fully saturated rings. The summed E-state index contributed by atoms with van der Waals surface area (Å²) in [5.41, 5.74) is 1.93. The van der Waals surface area contributed by atoms with E-state index in [9.17, 15) is 4.79 Å². The molecule has 3 aromatic rings. The van der Waals surface area contributed by atoms with Crippen LogP contribution in [0.15, 0.2) is 36.7 Å². The Balaban J connectivity index is 1.85. The zero-order valence-corrected chi connectivity index (χ0v) is 12.5. The van der Waals surface area contributed by atoms with Crippen molar-refractivity contribution in [1.82, 2.24) is 25.0 Å². The Bertz CT molecular complexity index is 781. The molecule has 0 aliphatic carbocycles. The summed E-state index contributed by atoms with van der Waals surface area (Å²) >= 11 is 6.31. The number of hydrogen-bond acceptors (Lipinski definition) is 4. The fourth-order valence-electron chi connectivity index (χ4n) is 2.11. The largest absolute Gasteiger partial charge is 0.291 e. The summed E-state index contributed by atoms with van der Waals surface area (Å²) in [7, 11) is 0. The van der Waals surface area contributed by atoms with Gasteiger partial charge in [-0.3, -0.25) is 10.1 Å². The first-order valence-electron chi connectivity index (χ1n) is 6.58. The summed E-state index contributed by atoms with van der Waals surface area (Å²) in [6.45, 7) is 2.23. The number of aryl methyl sites for hydroxylation is 1. The monoisotopic (exact) mass is 316 g/mol. The molecular formula is C14H13ClN6O. The van der Waals surface area contributed by atoms with Crippen LogP contribution >= 0.6 is 11.6 Å². The lowest BCUT2D eigenvalue weighted by molar-refractivity contribution is 0.102. The average Bonchev–Trinajstić information content (AvgIpc) is 3.09. The number of anilines is 1. The van der Waals surface area contributed by atoms with E-state index in [4.69, 9.17) is 11.6 Å². The molecule has 7 nitrogen and oxygen atoms in total. The molecule has 0 bridgehead atoms. The number of carbonyl (C=O) groups is 1. The van der Waals surface area contributed by atoms with Crippen molar-refractivity contribution in [3.63, 3.8) is 0 Å². The molecule has 2 aromatic heterocycles. The number of aromatic nitrogens is 5. The highest BCUT2D eigenvalue weighted by molar-refractivity contribution is 6.33. The number of halogens is 1. The van der Waals surface area contributed by atoms with Crippen LogP contribution in [0.3, 0.4) is 0 Å². The smallest absolute Gasteiger partial charge is 0.263 e. The summed E-state index contributed by atoms with van der Waals surface area (Å²) in [5.74, 6) is -0.116. The third kappa shape index (κ3) is 2.84. The summed E-state index contributed by atoms with van der Waals surface area (Å²) in [6.07, 6.45) is 1.31. The van der Waals surface area contributed by atoms with E-state index in [0.29, 0.717) is 23.0 Å². The van der Waals surface area contributed by atoms with Gasteiger partial charge in [0, 0.05) is 0 Å². The Morgan fingerprint density at radius 1 is 1.36 bits per heavy atom. The molecule has 8 heteroatoms. The number of amides is 1. The third-order valence-electron chi connectivity index (χ3n) is 3.11. The number of nitrogens with one attached hydrogen (secondary N) is 2. The predicted molar refractivity (Wildman–Crippen MR) is 81.9 cm³/mol. The van der Waals surface area contributed by atoms with Gasteiger partial charge >= 0.3 is 0 Å². The van der Waals surface area contributed by atoms with Crippen molar-refractivity contribution < 1.29 is 4.79 Å². The van der Waals surface area contributed by atoms with Crippen LogP contribution in [0.2, 0.25) is 5.15 Å². The van der Waals surface area contributed by atoms with E-state index >= 15 is 0 Å². The standard InChI is InChI=1S/C14H13ClN6O/c1-9-11(13(22)18-14-16-8-17-19-14)12(15)21(20-9)7-10-5-3-2-4-6-10/h2-6,8H,7H2,1H3,(H2,16,17,18,19,22). The van der Waals surface area contributed by atoms with E-state index in [1.165, 1.54) is 6.33 Å². The highest BCUT2D eigenvalue weighted by Crippen LogP contribution is 2.21. The molecule has 22 heavy (non-hydrogen) atoms. The van der Waals surface area contributed by atoms with Gasteiger partial charge in [-0.1, -0.05) is 41.9 Å². The van der Waals surface area contributed by atoms with Crippen LogP contribution in [-0.2, 0) is 6.54 Å². The van der Waals surface area contributed by atoms with Gasteiger partial charge in [0.15, 0.2) is 0 Å². The van der Waals surface area contributed by atoms with E-state index in [1.54, 1.807) is 11.6 Å². The second-order valence-electron chi connectivity index (χ2n) is 4.68. The minimum absolute atomic E-state index is 0.260. The van der Waals surface area contributed by atoms with Crippen LogP contribution < -0.4 is 5.32 Å². The quantitative estimate of drug-likeness (QED) is 0.772. The molecule has 0 spiro atoms. The zero-order valence-electron chi connectivity index (χ0n) is 11.7. The minimum atomic E-state index is -0.376. The number of carbonyl (C=O) groups excluding carboxylic acids is 1. The van der Waals surface area contributed by atoms with Crippen LogP contribution in [0, 0.1) is 6.92 Å². The lowest BCUT2D eigenvalue weighted by Gasteiger charge is -2.04. The lowest BCUT2D eigenvalue weighted by Crippen LogP contribution is -2.14. The Hall–Kier alpha value is -2.67. The van der Waals surface area contributed by atoms with Gasteiger partial charge in [-0.15, -0.1) is 0 Å². The summed E-state index contributed by atoms with van der Waals surface area (Å²) in [5, 5.41) is 13.4. The van der Waals surface area contributed by atoms with Gasteiger partial charge in [0.1, 0.15) is 11.5 Å². The molecule has 0 saturated heterocycles. The van der Waals surface area contributed by atoms with Gasteiger partial charge in [0.05, 0.1) is 17.8 Å². The molecular weight excluding hydrogens is 304 g/mol. The van der Waals surface area contributed by atoms with Crippen LogP contribution in [0.5, 0.6) is 0 Å². The molecule has 0 aliphatic rings. The molecule has 2 N–H and O–H groups in total. The molecule has 0 saturated carbocycles. The maximum atomic E-state index is 12.3. The number of rotatable bonds is 4. The zero-order chi connectivity index (χ0) is 15.5.